The highest BCUT2D eigenvalue weighted by atomic mass is 32.1. The summed E-state index contributed by atoms with van der Waals surface area (Å²) in [6.07, 6.45) is 0. The predicted molar refractivity (Wildman–Crippen MR) is 138 cm³/mol. The first-order valence-corrected chi connectivity index (χ1v) is 12.2. The van der Waals surface area contributed by atoms with Crippen LogP contribution < -0.4 is 4.57 Å². The van der Waals surface area contributed by atoms with Crippen LogP contribution in [-0.4, -0.2) is 24.8 Å². The number of fused-ring (bicyclic) bond motifs is 1. The molecular formula is C27H21BF4N2O2S. The summed E-state index contributed by atoms with van der Waals surface area (Å²) < 4.78 is 47.4. The highest BCUT2D eigenvalue weighted by Gasteiger charge is 2.29. The number of carbonyl (C=O) groups is 1. The first kappa shape index (κ1) is 26.0. The second-order valence-corrected chi connectivity index (χ2v) is 8.77. The molecule has 0 amide bonds. The summed E-state index contributed by atoms with van der Waals surface area (Å²) in [4.78, 5) is 18.0. The fourth-order valence-corrected chi connectivity index (χ4v) is 4.72. The molecule has 0 saturated carbocycles. The van der Waals surface area contributed by atoms with Gasteiger partial charge >= 0.3 is 18.4 Å². The minimum atomic E-state index is -6.00. The SMILES string of the molecule is CCOC(=O)c1cc(-c2ccccc2)cc(-c2ccccc2)[n+]1-c1nc2ccccc2s1.F[B-](F)(F)F. The average Bonchev–Trinajstić information content (AvgIpc) is 3.32. The molecule has 0 bridgehead atoms. The number of nitrogens with zero attached hydrogens (tertiary/aromatic N) is 2. The summed E-state index contributed by atoms with van der Waals surface area (Å²) in [5, 5.41) is 0.729. The van der Waals surface area contributed by atoms with E-state index in [-0.39, 0.29) is 5.97 Å². The van der Waals surface area contributed by atoms with Crippen LogP contribution in [0.25, 0.3) is 37.7 Å². The van der Waals surface area contributed by atoms with Gasteiger partial charge in [-0.3, -0.25) is 0 Å². The number of pyridine rings is 1. The van der Waals surface area contributed by atoms with E-state index in [1.807, 2.05) is 102 Å². The zero-order valence-electron chi connectivity index (χ0n) is 19.7. The Bertz CT molecular complexity index is 1470. The Balaban J connectivity index is 0.000000586. The Labute approximate surface area is 214 Å². The number of para-hydroxylation sites is 1. The van der Waals surface area contributed by atoms with E-state index in [0.29, 0.717) is 12.3 Å². The summed E-state index contributed by atoms with van der Waals surface area (Å²) in [6.45, 7) is 2.12. The van der Waals surface area contributed by atoms with E-state index in [9.17, 15) is 22.1 Å². The standard InChI is InChI=1S/C27H21N2O2S.BF4/c1-2-31-26(30)24-18-21(19-11-5-3-6-12-19)17-23(20-13-7-4-8-14-20)29(24)27-28-22-15-9-10-16-25(22)32-27;2-1(3,4)5/h3-18H,2H2,1H3;/q+1;-1. The molecule has 10 heteroatoms. The van der Waals surface area contributed by atoms with Crippen LogP contribution in [-0.2, 0) is 4.74 Å². The lowest BCUT2D eigenvalue weighted by Crippen LogP contribution is -2.41. The van der Waals surface area contributed by atoms with Crippen LogP contribution in [0.5, 0.6) is 0 Å². The number of ether oxygens (including phenoxy) is 1. The Morgan fingerprint density at radius 3 is 2.00 bits per heavy atom. The van der Waals surface area contributed by atoms with Gasteiger partial charge in [0.2, 0.25) is 5.69 Å². The van der Waals surface area contributed by atoms with Crippen molar-refractivity contribution in [3.05, 3.63) is 103 Å². The zero-order chi connectivity index (χ0) is 26.4. The number of benzene rings is 3. The van der Waals surface area contributed by atoms with E-state index in [1.54, 1.807) is 11.3 Å². The van der Waals surface area contributed by atoms with Crippen LogP contribution in [0, 0.1) is 0 Å². The van der Waals surface area contributed by atoms with Crippen molar-refractivity contribution in [3.8, 4) is 27.5 Å². The van der Waals surface area contributed by atoms with Crippen LogP contribution in [0.15, 0.2) is 97.1 Å². The summed E-state index contributed by atoms with van der Waals surface area (Å²) >= 11 is 1.55. The highest BCUT2D eigenvalue weighted by molar-refractivity contribution is 7.20. The van der Waals surface area contributed by atoms with Gasteiger partial charge in [-0.15, -0.1) is 0 Å². The van der Waals surface area contributed by atoms with Crippen LogP contribution in [0.1, 0.15) is 17.4 Å². The minimum Gasteiger partial charge on any atom is -0.460 e. The zero-order valence-corrected chi connectivity index (χ0v) is 20.5. The monoisotopic (exact) mass is 524 g/mol. The maximum absolute atomic E-state index is 13.2. The van der Waals surface area contributed by atoms with Gasteiger partial charge in [0.15, 0.2) is 5.52 Å². The molecule has 0 spiro atoms. The molecule has 0 aliphatic heterocycles. The van der Waals surface area contributed by atoms with Crippen LogP contribution in [0.2, 0.25) is 0 Å². The van der Waals surface area contributed by atoms with Crippen molar-refractivity contribution in [2.75, 3.05) is 6.61 Å². The van der Waals surface area contributed by atoms with Crippen molar-refractivity contribution < 1.29 is 31.4 Å². The van der Waals surface area contributed by atoms with Crippen LogP contribution in [0.4, 0.5) is 17.3 Å². The molecule has 2 heterocycles. The molecule has 0 unspecified atom stereocenters. The van der Waals surface area contributed by atoms with Gasteiger partial charge in [0.25, 0.3) is 0 Å². The Hall–Kier alpha value is -4.05. The number of hydrogen-bond acceptors (Lipinski definition) is 4. The van der Waals surface area contributed by atoms with Crippen molar-refractivity contribution >= 4 is 34.8 Å². The summed E-state index contributed by atoms with van der Waals surface area (Å²) in [6, 6.07) is 32.1. The lowest BCUT2D eigenvalue weighted by molar-refractivity contribution is -0.586. The molecule has 0 aliphatic rings. The number of halogens is 4. The molecule has 0 aliphatic carbocycles. The first-order chi connectivity index (χ1) is 17.7. The quantitative estimate of drug-likeness (QED) is 0.104. The molecule has 0 atom stereocenters. The fourth-order valence-electron chi connectivity index (χ4n) is 3.73. The average molecular weight is 524 g/mol. The van der Waals surface area contributed by atoms with E-state index >= 15 is 0 Å². The Morgan fingerprint density at radius 2 is 1.41 bits per heavy atom. The van der Waals surface area contributed by atoms with Crippen molar-refractivity contribution in [2.24, 2.45) is 0 Å². The normalized spacial score (nSPS) is 11.1. The molecule has 0 saturated heterocycles. The van der Waals surface area contributed by atoms with Crippen molar-refractivity contribution in [1.82, 2.24) is 4.98 Å². The number of hydrogen-bond donors (Lipinski definition) is 0. The number of aromatic nitrogens is 2. The van der Waals surface area contributed by atoms with Gasteiger partial charge in [-0.2, -0.15) is 4.57 Å². The van der Waals surface area contributed by atoms with E-state index in [1.165, 1.54) is 0 Å². The predicted octanol–water partition coefficient (Wildman–Crippen LogP) is 7.38. The van der Waals surface area contributed by atoms with Gasteiger partial charge in [-0.05, 0) is 52.6 Å². The molecule has 5 rings (SSSR count). The molecule has 0 fully saturated rings. The van der Waals surface area contributed by atoms with Gasteiger partial charge in [-0.1, -0.05) is 72.8 Å². The van der Waals surface area contributed by atoms with Gasteiger partial charge in [0.05, 0.1) is 11.3 Å². The van der Waals surface area contributed by atoms with Crippen LogP contribution >= 0.6 is 11.3 Å². The molecule has 5 aromatic rings. The van der Waals surface area contributed by atoms with Crippen molar-refractivity contribution in [1.29, 1.82) is 0 Å². The number of esters is 1. The van der Waals surface area contributed by atoms with E-state index in [2.05, 4.69) is 6.07 Å². The first-order valence-electron chi connectivity index (χ1n) is 11.4. The maximum atomic E-state index is 13.2. The summed E-state index contributed by atoms with van der Waals surface area (Å²) in [5.41, 5.74) is 5.22. The smallest absolute Gasteiger partial charge is 0.460 e. The topological polar surface area (TPSA) is 43.1 Å². The molecule has 0 radical (unpaired) electrons. The lowest BCUT2D eigenvalue weighted by atomic mass is 10.0. The summed E-state index contributed by atoms with van der Waals surface area (Å²) in [5.74, 6) is -0.373. The van der Waals surface area contributed by atoms with Crippen LogP contribution in [0.3, 0.4) is 0 Å². The molecule has 4 nitrogen and oxygen atoms in total. The second-order valence-electron chi connectivity index (χ2n) is 7.76. The number of carbonyl (C=O) groups excluding carboxylic acids is 1. The van der Waals surface area contributed by atoms with Gasteiger partial charge in [0.1, 0.15) is 5.69 Å². The highest BCUT2D eigenvalue weighted by Crippen LogP contribution is 2.29. The van der Waals surface area contributed by atoms with E-state index in [0.717, 1.165) is 37.7 Å². The molecule has 3 aromatic carbocycles. The largest absolute Gasteiger partial charge is 0.673 e. The third kappa shape index (κ3) is 6.59. The third-order valence-electron chi connectivity index (χ3n) is 5.20. The van der Waals surface area contributed by atoms with Gasteiger partial charge in [0, 0.05) is 11.6 Å². The molecule has 37 heavy (non-hydrogen) atoms. The van der Waals surface area contributed by atoms with E-state index in [4.69, 9.17) is 9.72 Å². The van der Waals surface area contributed by atoms with Gasteiger partial charge < -0.3 is 22.0 Å². The molecule has 0 N–H and O–H groups in total. The number of rotatable bonds is 5. The van der Waals surface area contributed by atoms with Crippen molar-refractivity contribution in [3.63, 3.8) is 0 Å². The number of thiazole rings is 1. The molecule has 188 valence electrons. The third-order valence-corrected chi connectivity index (χ3v) is 6.22. The van der Waals surface area contributed by atoms with E-state index < -0.39 is 7.25 Å². The van der Waals surface area contributed by atoms with Crippen molar-refractivity contribution in [2.45, 2.75) is 6.92 Å². The maximum Gasteiger partial charge on any atom is 0.673 e. The fraction of sp³-hybridized carbons (Fsp3) is 0.0741. The summed E-state index contributed by atoms with van der Waals surface area (Å²) in [7, 11) is -6.00. The Kier molecular flexibility index (Phi) is 7.98. The molecular weight excluding hydrogens is 503 g/mol. The lowest BCUT2D eigenvalue weighted by Gasteiger charge is -2.12. The second kappa shape index (κ2) is 11.3. The van der Waals surface area contributed by atoms with Gasteiger partial charge in [-0.25, -0.2) is 4.79 Å². The molecule has 2 aromatic heterocycles. The minimum absolute atomic E-state index is 0.301. The Morgan fingerprint density at radius 1 is 0.838 bits per heavy atom.